The Morgan fingerprint density at radius 3 is 2.94 bits per heavy atom. The molecule has 1 aromatic heterocycles. The molecule has 2 aromatic rings. The van der Waals surface area contributed by atoms with Gasteiger partial charge in [-0.15, -0.1) is 0 Å². The van der Waals surface area contributed by atoms with E-state index in [1.165, 1.54) is 10.9 Å². The van der Waals surface area contributed by atoms with Gasteiger partial charge in [-0.1, -0.05) is 18.2 Å². The Balaban J connectivity index is 2.06. The van der Waals surface area contributed by atoms with E-state index in [1.807, 2.05) is 19.2 Å². The number of hydrogen-bond donors (Lipinski definition) is 2. The van der Waals surface area contributed by atoms with Gasteiger partial charge in [0.2, 0.25) is 5.91 Å². The van der Waals surface area contributed by atoms with Crippen molar-refractivity contribution in [1.29, 1.82) is 0 Å². The average molecular weight is 245 g/mol. The van der Waals surface area contributed by atoms with Gasteiger partial charge in [-0.3, -0.25) is 4.79 Å². The lowest BCUT2D eigenvalue weighted by atomic mass is 10.2. The number of nitrogens with zero attached hydrogens (tertiary/aromatic N) is 1. The maximum atomic E-state index is 11.5. The number of carbonyl (C=O) groups excluding carboxylic acids is 1. The molecule has 0 radical (unpaired) electrons. The number of benzene rings is 1. The van der Waals surface area contributed by atoms with Gasteiger partial charge >= 0.3 is 0 Å². The van der Waals surface area contributed by atoms with Crippen LogP contribution in [0.25, 0.3) is 10.9 Å². The highest BCUT2D eigenvalue weighted by Crippen LogP contribution is 2.19. The minimum absolute atomic E-state index is 0.0633. The number of rotatable bonds is 5. The number of fused-ring (bicyclic) bond motifs is 1. The fourth-order valence-corrected chi connectivity index (χ4v) is 2.11. The average Bonchev–Trinajstić information content (AvgIpc) is 2.71. The number of carbonyl (C=O) groups is 1. The highest BCUT2D eigenvalue weighted by molar-refractivity contribution is 5.84. The molecular weight excluding hydrogens is 226 g/mol. The van der Waals surface area contributed by atoms with Crippen LogP contribution in [0.5, 0.6) is 0 Å². The largest absolute Gasteiger partial charge is 0.352 e. The van der Waals surface area contributed by atoms with E-state index in [0.29, 0.717) is 19.5 Å². The van der Waals surface area contributed by atoms with E-state index in [1.54, 1.807) is 0 Å². The van der Waals surface area contributed by atoms with E-state index in [-0.39, 0.29) is 5.91 Å². The van der Waals surface area contributed by atoms with Crippen LogP contribution in [0, 0.1) is 0 Å². The van der Waals surface area contributed by atoms with E-state index in [0.717, 1.165) is 12.0 Å². The summed E-state index contributed by atoms with van der Waals surface area (Å²) in [6.45, 7) is 1.13. The van der Waals surface area contributed by atoms with E-state index in [4.69, 9.17) is 5.73 Å². The van der Waals surface area contributed by atoms with Gasteiger partial charge in [0.15, 0.2) is 0 Å². The Morgan fingerprint density at radius 2 is 2.17 bits per heavy atom. The first-order valence-corrected chi connectivity index (χ1v) is 6.22. The van der Waals surface area contributed by atoms with E-state index >= 15 is 0 Å². The minimum Gasteiger partial charge on any atom is -0.352 e. The summed E-state index contributed by atoms with van der Waals surface area (Å²) in [7, 11) is 2.02. The van der Waals surface area contributed by atoms with Crippen molar-refractivity contribution in [2.24, 2.45) is 12.8 Å². The lowest BCUT2D eigenvalue weighted by molar-refractivity contribution is -0.121. The van der Waals surface area contributed by atoms with Crippen LogP contribution in [0.4, 0.5) is 0 Å². The summed E-state index contributed by atoms with van der Waals surface area (Å²) in [6, 6.07) is 8.19. The summed E-state index contributed by atoms with van der Waals surface area (Å²) in [5, 5.41) is 4.13. The molecule has 0 spiro atoms. The normalized spacial score (nSPS) is 10.8. The summed E-state index contributed by atoms with van der Waals surface area (Å²) in [4.78, 5) is 11.5. The first-order chi connectivity index (χ1) is 8.72. The van der Waals surface area contributed by atoms with Crippen molar-refractivity contribution in [3.63, 3.8) is 0 Å². The van der Waals surface area contributed by atoms with Crippen LogP contribution in [-0.2, 0) is 18.4 Å². The zero-order chi connectivity index (χ0) is 13.0. The number of hydrogen-bond acceptors (Lipinski definition) is 2. The molecule has 0 saturated carbocycles. The van der Waals surface area contributed by atoms with Gasteiger partial charge in [-0.05, 0) is 24.6 Å². The van der Waals surface area contributed by atoms with Gasteiger partial charge in [-0.25, -0.2) is 0 Å². The summed E-state index contributed by atoms with van der Waals surface area (Å²) < 4.78 is 2.08. The third kappa shape index (κ3) is 2.71. The molecule has 0 aliphatic carbocycles. The van der Waals surface area contributed by atoms with Gasteiger partial charge < -0.3 is 15.6 Å². The molecule has 3 N–H and O–H groups in total. The fraction of sp³-hybridized carbons (Fsp3) is 0.357. The van der Waals surface area contributed by atoms with Crippen LogP contribution >= 0.6 is 0 Å². The number of nitrogens with two attached hydrogens (primary N) is 1. The third-order valence-corrected chi connectivity index (χ3v) is 3.06. The molecule has 1 aromatic carbocycles. The second-order valence-electron chi connectivity index (χ2n) is 4.45. The number of nitrogens with one attached hydrogen (secondary N) is 1. The van der Waals surface area contributed by atoms with Crippen molar-refractivity contribution < 1.29 is 4.79 Å². The SMILES string of the molecule is Cn1cc(CNC(=O)CCCN)c2ccccc21. The Labute approximate surface area is 107 Å². The first kappa shape index (κ1) is 12.6. The van der Waals surface area contributed by atoms with E-state index in [9.17, 15) is 4.79 Å². The maximum absolute atomic E-state index is 11.5. The molecule has 0 atom stereocenters. The number of amides is 1. The summed E-state index contributed by atoms with van der Waals surface area (Å²) in [5.41, 5.74) is 7.71. The molecule has 0 unspecified atom stereocenters. The highest BCUT2D eigenvalue weighted by atomic mass is 16.1. The smallest absolute Gasteiger partial charge is 0.220 e. The standard InChI is InChI=1S/C14H19N3O/c1-17-10-11(9-16-14(18)7-4-8-15)12-5-2-3-6-13(12)17/h2-3,5-6,10H,4,7-9,15H2,1H3,(H,16,18). The van der Waals surface area contributed by atoms with Gasteiger partial charge in [0.1, 0.15) is 0 Å². The Morgan fingerprint density at radius 1 is 1.39 bits per heavy atom. The Hall–Kier alpha value is -1.81. The fourth-order valence-electron chi connectivity index (χ4n) is 2.11. The van der Waals surface area contributed by atoms with Crippen molar-refractivity contribution in [1.82, 2.24) is 9.88 Å². The molecule has 4 nitrogen and oxygen atoms in total. The number of aryl methyl sites for hydroxylation is 1. The van der Waals surface area contributed by atoms with Crippen molar-refractivity contribution in [2.75, 3.05) is 6.54 Å². The first-order valence-electron chi connectivity index (χ1n) is 6.22. The predicted octanol–water partition coefficient (Wildman–Crippen LogP) is 1.53. The molecule has 4 heteroatoms. The molecule has 0 fully saturated rings. The van der Waals surface area contributed by atoms with Gasteiger partial charge in [0, 0.05) is 37.1 Å². The monoisotopic (exact) mass is 245 g/mol. The second kappa shape index (κ2) is 5.69. The number of aromatic nitrogens is 1. The van der Waals surface area contributed by atoms with Crippen LogP contribution < -0.4 is 11.1 Å². The van der Waals surface area contributed by atoms with Crippen molar-refractivity contribution in [3.8, 4) is 0 Å². The quantitative estimate of drug-likeness (QED) is 0.839. The zero-order valence-corrected chi connectivity index (χ0v) is 10.6. The molecular formula is C14H19N3O. The van der Waals surface area contributed by atoms with Gasteiger partial charge in [-0.2, -0.15) is 0 Å². The second-order valence-corrected chi connectivity index (χ2v) is 4.45. The van der Waals surface area contributed by atoms with Gasteiger partial charge in [0.25, 0.3) is 0 Å². The molecule has 18 heavy (non-hydrogen) atoms. The molecule has 1 amide bonds. The van der Waals surface area contributed by atoms with E-state index < -0.39 is 0 Å². The van der Waals surface area contributed by atoms with Crippen molar-refractivity contribution in [2.45, 2.75) is 19.4 Å². The molecule has 1 heterocycles. The van der Waals surface area contributed by atoms with Crippen LogP contribution in [0.1, 0.15) is 18.4 Å². The molecule has 2 rings (SSSR count). The van der Waals surface area contributed by atoms with Crippen LogP contribution in [0.2, 0.25) is 0 Å². The topological polar surface area (TPSA) is 60.0 Å². The highest BCUT2D eigenvalue weighted by Gasteiger charge is 2.07. The maximum Gasteiger partial charge on any atom is 0.220 e. The van der Waals surface area contributed by atoms with Crippen LogP contribution in [0.3, 0.4) is 0 Å². The Kier molecular flexibility index (Phi) is 3.99. The van der Waals surface area contributed by atoms with Crippen LogP contribution in [-0.4, -0.2) is 17.0 Å². The van der Waals surface area contributed by atoms with Crippen molar-refractivity contribution >= 4 is 16.8 Å². The number of para-hydroxylation sites is 1. The third-order valence-electron chi connectivity index (χ3n) is 3.06. The molecule has 0 bridgehead atoms. The molecule has 0 saturated heterocycles. The lowest BCUT2D eigenvalue weighted by Gasteiger charge is -2.03. The Bertz CT molecular complexity index is 545. The van der Waals surface area contributed by atoms with Gasteiger partial charge in [0.05, 0.1) is 0 Å². The zero-order valence-electron chi connectivity index (χ0n) is 10.6. The lowest BCUT2D eigenvalue weighted by Crippen LogP contribution is -2.23. The summed E-state index contributed by atoms with van der Waals surface area (Å²) in [5.74, 6) is 0.0633. The minimum atomic E-state index is 0.0633. The molecule has 96 valence electrons. The molecule has 0 aliphatic heterocycles. The van der Waals surface area contributed by atoms with Crippen molar-refractivity contribution in [3.05, 3.63) is 36.0 Å². The molecule has 0 aliphatic rings. The summed E-state index contributed by atoms with van der Waals surface area (Å²) in [6.07, 6.45) is 3.30. The van der Waals surface area contributed by atoms with E-state index in [2.05, 4.69) is 28.2 Å². The predicted molar refractivity (Wildman–Crippen MR) is 73.1 cm³/mol. The van der Waals surface area contributed by atoms with Crippen LogP contribution in [0.15, 0.2) is 30.5 Å². The summed E-state index contributed by atoms with van der Waals surface area (Å²) >= 11 is 0.